The van der Waals surface area contributed by atoms with Crippen LogP contribution in [0.5, 0.6) is 0 Å². The van der Waals surface area contributed by atoms with Crippen molar-refractivity contribution in [1.82, 2.24) is 4.98 Å². The second kappa shape index (κ2) is 9.87. The third-order valence-corrected chi connectivity index (χ3v) is 3.17. The van der Waals surface area contributed by atoms with Crippen LogP contribution in [0.2, 0.25) is 0 Å². The molecule has 0 fully saturated rings. The lowest BCUT2D eigenvalue weighted by molar-refractivity contribution is 0.592. The van der Waals surface area contributed by atoms with Gasteiger partial charge in [0.05, 0.1) is 5.69 Å². The molecule has 1 heterocycles. The molecule has 1 aromatic rings. The second-order valence-electron chi connectivity index (χ2n) is 5.02. The van der Waals surface area contributed by atoms with Crippen molar-refractivity contribution in [1.29, 1.82) is 0 Å². The van der Waals surface area contributed by atoms with E-state index in [0.29, 0.717) is 0 Å². The highest BCUT2D eigenvalue weighted by Gasteiger charge is 1.91. The summed E-state index contributed by atoms with van der Waals surface area (Å²) in [5.41, 5.74) is 2.17. The van der Waals surface area contributed by atoms with Crippen LogP contribution in [0.25, 0.3) is 6.08 Å². The van der Waals surface area contributed by atoms with Crippen molar-refractivity contribution in [2.45, 2.75) is 65.2 Å². The molecule has 0 saturated heterocycles. The lowest BCUT2D eigenvalue weighted by Crippen LogP contribution is -1.83. The van der Waals surface area contributed by atoms with Gasteiger partial charge in [0.1, 0.15) is 0 Å². The standard InChI is InChI=1S/C17H27N/c1-3-4-5-6-7-8-9-10-11-14-17-15-12-13-16(2)18-17/h11-15H,3-10H2,1-2H3/b14-11+. The van der Waals surface area contributed by atoms with Crippen LogP contribution in [0.4, 0.5) is 0 Å². The summed E-state index contributed by atoms with van der Waals surface area (Å²) in [5.74, 6) is 0. The fourth-order valence-corrected chi connectivity index (χ4v) is 2.08. The van der Waals surface area contributed by atoms with Crippen LogP contribution >= 0.6 is 0 Å². The molecule has 0 spiro atoms. The van der Waals surface area contributed by atoms with Crippen molar-refractivity contribution in [3.05, 3.63) is 35.7 Å². The summed E-state index contributed by atoms with van der Waals surface area (Å²) in [4.78, 5) is 4.45. The Bertz CT molecular complexity index is 341. The minimum absolute atomic E-state index is 1.08. The van der Waals surface area contributed by atoms with E-state index in [2.05, 4.69) is 36.2 Å². The highest BCUT2D eigenvalue weighted by atomic mass is 14.7. The van der Waals surface area contributed by atoms with Crippen molar-refractivity contribution in [3.8, 4) is 0 Å². The van der Waals surface area contributed by atoms with E-state index in [1.165, 1.54) is 51.4 Å². The number of pyridine rings is 1. The molecule has 0 aromatic carbocycles. The molecular formula is C17H27N. The third kappa shape index (κ3) is 7.26. The molecule has 0 radical (unpaired) electrons. The zero-order valence-electron chi connectivity index (χ0n) is 12.0. The Kier molecular flexibility index (Phi) is 8.20. The number of aryl methyl sites for hydroxylation is 1. The van der Waals surface area contributed by atoms with Gasteiger partial charge in [0.2, 0.25) is 0 Å². The van der Waals surface area contributed by atoms with Crippen molar-refractivity contribution in [2.75, 3.05) is 0 Å². The first-order valence-corrected chi connectivity index (χ1v) is 7.43. The van der Waals surface area contributed by atoms with E-state index >= 15 is 0 Å². The lowest BCUT2D eigenvalue weighted by Gasteiger charge is -1.99. The van der Waals surface area contributed by atoms with Crippen LogP contribution in [0.3, 0.4) is 0 Å². The molecule has 1 rings (SSSR count). The van der Waals surface area contributed by atoms with E-state index in [-0.39, 0.29) is 0 Å². The molecular weight excluding hydrogens is 218 g/mol. The monoisotopic (exact) mass is 245 g/mol. The lowest BCUT2D eigenvalue weighted by atomic mass is 10.1. The maximum Gasteiger partial charge on any atom is 0.0629 e. The Hall–Kier alpha value is -1.11. The van der Waals surface area contributed by atoms with Crippen LogP contribution in [-0.2, 0) is 0 Å². The van der Waals surface area contributed by atoms with Crippen molar-refractivity contribution in [2.24, 2.45) is 0 Å². The van der Waals surface area contributed by atoms with Gasteiger partial charge in [0.25, 0.3) is 0 Å². The molecule has 0 saturated carbocycles. The van der Waals surface area contributed by atoms with E-state index in [1.54, 1.807) is 0 Å². The summed E-state index contributed by atoms with van der Waals surface area (Å²) in [6, 6.07) is 6.16. The van der Waals surface area contributed by atoms with Crippen LogP contribution in [-0.4, -0.2) is 4.98 Å². The number of hydrogen-bond acceptors (Lipinski definition) is 1. The maximum atomic E-state index is 4.45. The van der Waals surface area contributed by atoms with Crippen molar-refractivity contribution >= 4 is 6.08 Å². The quantitative estimate of drug-likeness (QED) is 0.520. The minimum atomic E-state index is 1.08. The fraction of sp³-hybridized carbons (Fsp3) is 0.588. The predicted octanol–water partition coefficient (Wildman–Crippen LogP) is 5.54. The number of hydrogen-bond donors (Lipinski definition) is 0. The van der Waals surface area contributed by atoms with Gasteiger partial charge in [-0.3, -0.25) is 4.98 Å². The molecule has 1 heteroatoms. The largest absolute Gasteiger partial charge is 0.254 e. The summed E-state index contributed by atoms with van der Waals surface area (Å²) in [6.07, 6.45) is 15.2. The van der Waals surface area contributed by atoms with Gasteiger partial charge in [0.15, 0.2) is 0 Å². The zero-order chi connectivity index (χ0) is 13.1. The first-order valence-electron chi connectivity index (χ1n) is 7.43. The van der Waals surface area contributed by atoms with Crippen molar-refractivity contribution < 1.29 is 0 Å². The highest BCUT2D eigenvalue weighted by molar-refractivity contribution is 5.44. The van der Waals surface area contributed by atoms with Crippen LogP contribution in [0.1, 0.15) is 69.7 Å². The van der Waals surface area contributed by atoms with Crippen LogP contribution in [0.15, 0.2) is 24.3 Å². The fourth-order valence-electron chi connectivity index (χ4n) is 2.08. The smallest absolute Gasteiger partial charge is 0.0629 e. The second-order valence-corrected chi connectivity index (χ2v) is 5.02. The predicted molar refractivity (Wildman–Crippen MR) is 80.6 cm³/mol. The maximum absolute atomic E-state index is 4.45. The van der Waals surface area contributed by atoms with E-state index in [1.807, 2.05) is 13.0 Å². The van der Waals surface area contributed by atoms with Crippen LogP contribution in [0, 0.1) is 6.92 Å². The van der Waals surface area contributed by atoms with Gasteiger partial charge in [-0.1, -0.05) is 57.6 Å². The third-order valence-electron chi connectivity index (χ3n) is 3.17. The number of allylic oxidation sites excluding steroid dienone is 1. The number of aromatic nitrogens is 1. The Morgan fingerprint density at radius 1 is 1.00 bits per heavy atom. The van der Waals surface area contributed by atoms with E-state index in [0.717, 1.165) is 11.4 Å². The Morgan fingerprint density at radius 3 is 2.44 bits per heavy atom. The molecule has 1 aromatic heterocycles. The highest BCUT2D eigenvalue weighted by Crippen LogP contribution is 2.09. The van der Waals surface area contributed by atoms with Gasteiger partial charge in [-0.25, -0.2) is 0 Å². The topological polar surface area (TPSA) is 12.9 Å². The number of nitrogens with zero attached hydrogens (tertiary/aromatic N) is 1. The van der Waals surface area contributed by atoms with Gasteiger partial charge in [0, 0.05) is 5.69 Å². The molecule has 18 heavy (non-hydrogen) atoms. The summed E-state index contributed by atoms with van der Waals surface area (Å²) in [6.45, 7) is 4.30. The average molecular weight is 245 g/mol. The Labute approximate surface area is 112 Å². The first kappa shape index (κ1) is 14.9. The summed E-state index contributed by atoms with van der Waals surface area (Å²) >= 11 is 0. The molecule has 0 N–H and O–H groups in total. The van der Waals surface area contributed by atoms with Gasteiger partial charge >= 0.3 is 0 Å². The normalized spacial score (nSPS) is 11.2. The van der Waals surface area contributed by atoms with E-state index in [4.69, 9.17) is 0 Å². The minimum Gasteiger partial charge on any atom is -0.254 e. The van der Waals surface area contributed by atoms with E-state index < -0.39 is 0 Å². The Morgan fingerprint density at radius 2 is 1.72 bits per heavy atom. The molecule has 100 valence electrons. The molecule has 0 atom stereocenters. The van der Waals surface area contributed by atoms with Gasteiger partial charge in [-0.15, -0.1) is 0 Å². The molecule has 0 aliphatic carbocycles. The summed E-state index contributed by atoms with van der Waals surface area (Å²) in [5, 5.41) is 0. The SMILES string of the molecule is CCCCCCCCC/C=C/c1cccc(C)n1. The first-order chi connectivity index (χ1) is 8.83. The van der Waals surface area contributed by atoms with Crippen molar-refractivity contribution in [3.63, 3.8) is 0 Å². The molecule has 0 unspecified atom stereocenters. The molecule has 0 aliphatic rings. The molecule has 0 bridgehead atoms. The number of unbranched alkanes of at least 4 members (excludes halogenated alkanes) is 7. The average Bonchev–Trinajstić information content (AvgIpc) is 2.37. The van der Waals surface area contributed by atoms with Gasteiger partial charge < -0.3 is 0 Å². The van der Waals surface area contributed by atoms with Gasteiger partial charge in [-0.2, -0.15) is 0 Å². The molecule has 0 amide bonds. The van der Waals surface area contributed by atoms with E-state index in [9.17, 15) is 0 Å². The summed E-state index contributed by atoms with van der Waals surface area (Å²) < 4.78 is 0. The van der Waals surface area contributed by atoms with Crippen LogP contribution < -0.4 is 0 Å². The summed E-state index contributed by atoms with van der Waals surface area (Å²) in [7, 11) is 0. The zero-order valence-corrected chi connectivity index (χ0v) is 12.0. The molecule has 0 aliphatic heterocycles. The van der Waals surface area contributed by atoms with Gasteiger partial charge in [-0.05, 0) is 38.0 Å². The Balaban J connectivity index is 2.04. The number of rotatable bonds is 9. The molecule has 1 nitrogen and oxygen atoms in total.